The second kappa shape index (κ2) is 7.21. The summed E-state index contributed by atoms with van der Waals surface area (Å²) in [4.78, 5) is 16.2. The molecule has 0 fully saturated rings. The lowest BCUT2D eigenvalue weighted by molar-refractivity contribution is -0.0000195. The number of rotatable bonds is 4. The summed E-state index contributed by atoms with van der Waals surface area (Å²) >= 11 is 1.55. The number of aromatic nitrogens is 1. The lowest BCUT2D eigenvalue weighted by atomic mass is 10.2. The van der Waals surface area contributed by atoms with Crippen LogP contribution >= 0.6 is 11.3 Å². The molecular weight excluding hydrogens is 340 g/mol. The van der Waals surface area contributed by atoms with Crippen molar-refractivity contribution >= 4 is 23.0 Å². The van der Waals surface area contributed by atoms with E-state index in [4.69, 9.17) is 5.11 Å². The smallest absolute Gasteiger partial charge is 0.335 e. The predicted octanol–water partition coefficient (Wildman–Crippen LogP) is -0.0214. The van der Waals surface area contributed by atoms with Gasteiger partial charge in [0.15, 0.2) is 4.80 Å². The maximum atomic E-state index is 10.8. The Morgan fingerprint density at radius 2 is 2.10 bits per heavy atom. The van der Waals surface area contributed by atoms with Crippen LogP contribution in [0.15, 0.2) is 47.3 Å². The second-order valence-corrected chi connectivity index (χ2v) is 4.86. The van der Waals surface area contributed by atoms with Crippen molar-refractivity contribution in [2.75, 3.05) is 0 Å². The lowest BCUT2D eigenvalue weighted by Crippen LogP contribution is -3.00. The third kappa shape index (κ3) is 3.68. The molecule has 0 aliphatic rings. The molecule has 6 heteroatoms. The molecule has 0 spiro atoms. The number of carboxylic acids is 1. The van der Waals surface area contributed by atoms with Gasteiger partial charge >= 0.3 is 5.97 Å². The molecule has 0 aliphatic heterocycles. The fourth-order valence-electron chi connectivity index (χ4n) is 1.64. The maximum Gasteiger partial charge on any atom is 0.335 e. The van der Waals surface area contributed by atoms with Crippen molar-refractivity contribution in [3.8, 4) is 0 Å². The summed E-state index contributed by atoms with van der Waals surface area (Å²) in [5, 5.41) is 10.9. The van der Waals surface area contributed by atoms with Gasteiger partial charge in [0.1, 0.15) is 0 Å². The van der Waals surface area contributed by atoms with Gasteiger partial charge in [-0.05, 0) is 31.2 Å². The summed E-state index contributed by atoms with van der Waals surface area (Å²) in [5.41, 5.74) is 2.13. The molecular formula is C14H14BrN2O2S-. The first-order chi connectivity index (χ1) is 9.11. The van der Waals surface area contributed by atoms with Crippen molar-refractivity contribution in [2.45, 2.75) is 13.5 Å². The van der Waals surface area contributed by atoms with E-state index < -0.39 is 5.97 Å². The minimum Gasteiger partial charge on any atom is -1.00 e. The molecule has 1 heterocycles. The van der Waals surface area contributed by atoms with Gasteiger partial charge in [-0.2, -0.15) is 0 Å². The Hall–Kier alpha value is -1.66. The highest BCUT2D eigenvalue weighted by Crippen LogP contribution is 2.13. The average Bonchev–Trinajstić information content (AvgIpc) is 2.73. The van der Waals surface area contributed by atoms with Gasteiger partial charge in [0, 0.05) is 17.6 Å². The largest absolute Gasteiger partial charge is 1.00 e. The Labute approximate surface area is 131 Å². The van der Waals surface area contributed by atoms with Crippen LogP contribution in [0, 0.1) is 6.92 Å². The van der Waals surface area contributed by atoms with Crippen LogP contribution in [0.5, 0.6) is 0 Å². The normalized spacial score (nSPS) is 10.9. The third-order valence-electron chi connectivity index (χ3n) is 2.64. The lowest BCUT2D eigenvalue weighted by Gasteiger charge is -2.01. The summed E-state index contributed by atoms with van der Waals surface area (Å²) in [6, 6.07) is 6.52. The highest BCUT2D eigenvalue weighted by molar-refractivity contribution is 7.07. The molecule has 0 amide bonds. The SMILES string of the molecule is C=CCn1c(C)csc1=Nc1ccc(C(=O)O)cc1.[Br-]. The summed E-state index contributed by atoms with van der Waals surface area (Å²) in [7, 11) is 0. The van der Waals surface area contributed by atoms with E-state index in [-0.39, 0.29) is 22.5 Å². The molecule has 1 aromatic heterocycles. The second-order valence-electron chi connectivity index (χ2n) is 4.02. The summed E-state index contributed by atoms with van der Waals surface area (Å²) < 4.78 is 2.06. The highest BCUT2D eigenvalue weighted by Gasteiger charge is 2.02. The molecule has 106 valence electrons. The number of aryl methyl sites for hydroxylation is 1. The summed E-state index contributed by atoms with van der Waals surface area (Å²) in [6.45, 7) is 6.46. The number of hydrogen-bond acceptors (Lipinski definition) is 3. The van der Waals surface area contributed by atoms with Crippen LogP contribution in [0.25, 0.3) is 0 Å². The Bertz CT molecular complexity index is 671. The van der Waals surface area contributed by atoms with E-state index in [1.165, 1.54) is 0 Å². The molecule has 1 N–H and O–H groups in total. The van der Waals surface area contributed by atoms with Crippen LogP contribution in [0.2, 0.25) is 0 Å². The van der Waals surface area contributed by atoms with E-state index in [2.05, 4.69) is 16.1 Å². The summed E-state index contributed by atoms with van der Waals surface area (Å²) in [5.74, 6) is -0.930. The Morgan fingerprint density at radius 1 is 1.45 bits per heavy atom. The molecule has 4 nitrogen and oxygen atoms in total. The van der Waals surface area contributed by atoms with Gasteiger partial charge in [0.2, 0.25) is 0 Å². The molecule has 2 rings (SSSR count). The molecule has 0 aliphatic carbocycles. The van der Waals surface area contributed by atoms with Crippen LogP contribution in [-0.2, 0) is 6.54 Å². The number of hydrogen-bond donors (Lipinski definition) is 1. The van der Waals surface area contributed by atoms with Crippen molar-refractivity contribution in [2.24, 2.45) is 4.99 Å². The maximum absolute atomic E-state index is 10.8. The summed E-state index contributed by atoms with van der Waals surface area (Å²) in [6.07, 6.45) is 1.83. The van der Waals surface area contributed by atoms with E-state index in [0.29, 0.717) is 6.54 Å². The quantitative estimate of drug-likeness (QED) is 0.785. The molecule has 0 atom stereocenters. The first kappa shape index (κ1) is 16.4. The minimum atomic E-state index is -0.930. The van der Waals surface area contributed by atoms with Crippen molar-refractivity contribution in [1.82, 2.24) is 4.57 Å². The average molecular weight is 354 g/mol. The Kier molecular flexibility index (Phi) is 5.91. The Morgan fingerprint density at radius 3 is 2.65 bits per heavy atom. The number of carboxylic acid groups (broad SMARTS) is 1. The van der Waals surface area contributed by atoms with E-state index in [1.807, 2.05) is 18.4 Å². The topological polar surface area (TPSA) is 54.6 Å². The van der Waals surface area contributed by atoms with Crippen LogP contribution in [-0.4, -0.2) is 15.6 Å². The van der Waals surface area contributed by atoms with Gasteiger partial charge < -0.3 is 26.7 Å². The van der Waals surface area contributed by atoms with Gasteiger partial charge in [-0.25, -0.2) is 9.79 Å². The van der Waals surface area contributed by atoms with Gasteiger partial charge in [-0.3, -0.25) is 0 Å². The van der Waals surface area contributed by atoms with E-state index >= 15 is 0 Å². The molecule has 20 heavy (non-hydrogen) atoms. The van der Waals surface area contributed by atoms with Gasteiger partial charge in [0.25, 0.3) is 0 Å². The van der Waals surface area contributed by atoms with E-state index in [9.17, 15) is 4.79 Å². The van der Waals surface area contributed by atoms with E-state index in [1.54, 1.807) is 35.6 Å². The monoisotopic (exact) mass is 353 g/mol. The van der Waals surface area contributed by atoms with Gasteiger partial charge in [-0.1, -0.05) is 6.08 Å². The van der Waals surface area contributed by atoms with Crippen LogP contribution in [0.1, 0.15) is 16.1 Å². The molecule has 0 bridgehead atoms. The number of nitrogens with zero attached hydrogens (tertiary/aromatic N) is 2. The number of aromatic carboxylic acids is 1. The zero-order chi connectivity index (χ0) is 13.8. The van der Waals surface area contributed by atoms with E-state index in [0.717, 1.165) is 16.2 Å². The zero-order valence-corrected chi connectivity index (χ0v) is 13.3. The first-order valence-electron chi connectivity index (χ1n) is 5.75. The molecule has 0 unspecified atom stereocenters. The predicted molar refractivity (Wildman–Crippen MR) is 75.9 cm³/mol. The van der Waals surface area contributed by atoms with Crippen molar-refractivity contribution in [1.29, 1.82) is 0 Å². The van der Waals surface area contributed by atoms with Crippen molar-refractivity contribution in [3.05, 3.63) is 58.4 Å². The van der Waals surface area contributed by atoms with Crippen molar-refractivity contribution in [3.63, 3.8) is 0 Å². The highest BCUT2D eigenvalue weighted by atomic mass is 79.9. The molecule has 0 saturated carbocycles. The van der Waals surface area contributed by atoms with Crippen LogP contribution in [0.3, 0.4) is 0 Å². The molecule has 1 aromatic carbocycles. The minimum absolute atomic E-state index is 0. The number of benzene rings is 1. The molecule has 2 aromatic rings. The van der Waals surface area contributed by atoms with Crippen LogP contribution in [0.4, 0.5) is 5.69 Å². The Balaban J connectivity index is 0.00000200. The number of allylic oxidation sites excluding steroid dienone is 1. The van der Waals surface area contributed by atoms with Crippen LogP contribution < -0.4 is 21.8 Å². The fraction of sp³-hybridized carbons (Fsp3) is 0.143. The third-order valence-corrected chi connectivity index (χ3v) is 3.62. The first-order valence-corrected chi connectivity index (χ1v) is 6.63. The standard InChI is InChI=1S/C14H14N2O2S.BrH/c1-3-8-16-10(2)9-19-14(16)15-12-6-4-11(5-7-12)13(17)18;/h3-7,9H,1,8H2,2H3,(H,17,18);1H/p-1. The number of halogens is 1. The zero-order valence-electron chi connectivity index (χ0n) is 10.9. The number of thiazole rings is 1. The molecule has 0 radical (unpaired) electrons. The fourth-order valence-corrected chi connectivity index (χ4v) is 2.55. The van der Waals surface area contributed by atoms with Gasteiger partial charge in [0.05, 0.1) is 11.3 Å². The van der Waals surface area contributed by atoms with Crippen molar-refractivity contribution < 1.29 is 26.9 Å². The molecule has 0 saturated heterocycles. The van der Waals surface area contributed by atoms with Gasteiger partial charge in [-0.15, -0.1) is 17.9 Å². The number of carbonyl (C=O) groups is 1.